The number of halogens is 3. The monoisotopic (exact) mass is 196 g/mol. The lowest BCUT2D eigenvalue weighted by Crippen LogP contribution is -2.30. The fraction of sp³-hybridized carbons (Fsp3) is 0.875. The van der Waals surface area contributed by atoms with Crippen molar-refractivity contribution < 1.29 is 22.7 Å². The number of alkyl halides is 3. The van der Waals surface area contributed by atoms with Crippen molar-refractivity contribution in [3.05, 3.63) is 0 Å². The maximum Gasteiger partial charge on any atom is 0.391 e. The van der Waals surface area contributed by atoms with E-state index in [1.54, 1.807) is 0 Å². The Hall–Kier alpha value is -0.580. The van der Waals surface area contributed by atoms with E-state index in [9.17, 15) is 18.0 Å². The highest BCUT2D eigenvalue weighted by atomic mass is 19.4. The average Bonchev–Trinajstić information content (AvgIpc) is 2.01. The Morgan fingerprint density at radius 1 is 1.46 bits per heavy atom. The maximum absolute atomic E-state index is 11.9. The molecule has 0 aliphatic carbocycles. The average molecular weight is 196 g/mol. The second-order valence-electron chi connectivity index (χ2n) is 3.23. The van der Waals surface area contributed by atoms with Gasteiger partial charge in [0.1, 0.15) is 6.29 Å². The van der Waals surface area contributed by atoms with Crippen LogP contribution in [0.15, 0.2) is 0 Å². The van der Waals surface area contributed by atoms with Crippen LogP contribution in [-0.2, 0) is 9.53 Å². The molecular formula is C8H11F3O2. The van der Waals surface area contributed by atoms with Crippen LogP contribution in [0.5, 0.6) is 0 Å². The van der Waals surface area contributed by atoms with Crippen LogP contribution in [-0.4, -0.2) is 25.2 Å². The molecule has 0 radical (unpaired) electrons. The van der Waals surface area contributed by atoms with Gasteiger partial charge in [0.05, 0.1) is 12.5 Å². The molecule has 0 N–H and O–H groups in total. The second-order valence-corrected chi connectivity index (χ2v) is 3.23. The van der Waals surface area contributed by atoms with Crippen LogP contribution >= 0.6 is 0 Å². The van der Waals surface area contributed by atoms with Crippen LogP contribution < -0.4 is 0 Å². The Morgan fingerprint density at radius 3 is 2.69 bits per heavy atom. The number of aldehydes is 1. The van der Waals surface area contributed by atoms with Crippen LogP contribution in [0.2, 0.25) is 0 Å². The summed E-state index contributed by atoms with van der Waals surface area (Å²) in [4.78, 5) is 10.3. The van der Waals surface area contributed by atoms with Crippen LogP contribution in [0.25, 0.3) is 0 Å². The third-order valence-corrected chi connectivity index (χ3v) is 2.06. The van der Waals surface area contributed by atoms with Gasteiger partial charge in [0, 0.05) is 12.5 Å². The van der Waals surface area contributed by atoms with Gasteiger partial charge in [-0.15, -0.1) is 0 Å². The van der Waals surface area contributed by atoms with Gasteiger partial charge < -0.3 is 9.53 Å². The van der Waals surface area contributed by atoms with Crippen molar-refractivity contribution in [1.29, 1.82) is 0 Å². The highest BCUT2D eigenvalue weighted by Gasteiger charge is 2.35. The Labute approximate surface area is 74.1 Å². The van der Waals surface area contributed by atoms with Crippen LogP contribution in [0.3, 0.4) is 0 Å². The van der Waals surface area contributed by atoms with Crippen molar-refractivity contribution in [2.24, 2.45) is 5.92 Å². The first kappa shape index (κ1) is 10.5. The molecule has 13 heavy (non-hydrogen) atoms. The fourth-order valence-electron chi connectivity index (χ4n) is 1.43. The Kier molecular flexibility index (Phi) is 3.30. The predicted molar refractivity (Wildman–Crippen MR) is 39.2 cm³/mol. The van der Waals surface area contributed by atoms with Crippen molar-refractivity contribution in [3.8, 4) is 0 Å². The molecule has 1 heterocycles. The summed E-state index contributed by atoms with van der Waals surface area (Å²) in [6.45, 7) is 0.254. The molecule has 2 atom stereocenters. The molecule has 0 aromatic heterocycles. The number of carbonyl (C=O) groups is 1. The van der Waals surface area contributed by atoms with Gasteiger partial charge in [0.15, 0.2) is 0 Å². The van der Waals surface area contributed by atoms with Gasteiger partial charge in [-0.2, -0.15) is 13.2 Å². The number of hydrogen-bond acceptors (Lipinski definition) is 2. The highest BCUT2D eigenvalue weighted by molar-refractivity contribution is 5.53. The van der Waals surface area contributed by atoms with Gasteiger partial charge in [-0.1, -0.05) is 0 Å². The van der Waals surface area contributed by atoms with Crippen LogP contribution in [0, 0.1) is 5.92 Å². The number of carbonyl (C=O) groups excluding carboxylic acids is 1. The fourth-order valence-corrected chi connectivity index (χ4v) is 1.43. The topological polar surface area (TPSA) is 26.3 Å². The van der Waals surface area contributed by atoms with E-state index in [1.165, 1.54) is 0 Å². The summed E-state index contributed by atoms with van der Waals surface area (Å²) in [5.74, 6) is -0.263. The molecule has 2 nitrogen and oxygen atoms in total. The van der Waals surface area contributed by atoms with E-state index < -0.39 is 18.7 Å². The number of ether oxygens (including phenoxy) is 1. The summed E-state index contributed by atoms with van der Waals surface area (Å²) in [6, 6.07) is 0. The standard InChI is InChI=1S/C8H11F3O2/c9-8(10,11)4-7-3-6(5-12)1-2-13-7/h5-7H,1-4H2/t6-,7-/m1/s1. The van der Waals surface area contributed by atoms with Gasteiger partial charge in [0.2, 0.25) is 0 Å². The van der Waals surface area contributed by atoms with E-state index in [4.69, 9.17) is 4.74 Å². The summed E-state index contributed by atoms with van der Waals surface area (Å²) < 4.78 is 40.6. The molecule has 0 amide bonds. The smallest absolute Gasteiger partial charge is 0.378 e. The van der Waals surface area contributed by atoms with E-state index in [0.717, 1.165) is 0 Å². The van der Waals surface area contributed by atoms with E-state index in [-0.39, 0.29) is 18.9 Å². The summed E-state index contributed by atoms with van der Waals surface area (Å²) in [6.07, 6.45) is -4.52. The molecule has 0 aromatic carbocycles. The zero-order valence-electron chi connectivity index (χ0n) is 7.01. The Balaban J connectivity index is 2.38. The van der Waals surface area contributed by atoms with Crippen molar-refractivity contribution in [2.75, 3.05) is 6.61 Å². The number of hydrogen-bond donors (Lipinski definition) is 0. The zero-order valence-corrected chi connectivity index (χ0v) is 7.01. The third kappa shape index (κ3) is 3.76. The Morgan fingerprint density at radius 2 is 2.15 bits per heavy atom. The first-order valence-electron chi connectivity index (χ1n) is 4.15. The van der Waals surface area contributed by atoms with Crippen LogP contribution in [0.4, 0.5) is 13.2 Å². The molecular weight excluding hydrogens is 185 g/mol. The van der Waals surface area contributed by atoms with E-state index in [1.807, 2.05) is 0 Å². The first-order chi connectivity index (χ1) is 6.01. The molecule has 1 aliphatic heterocycles. The van der Waals surface area contributed by atoms with Gasteiger partial charge in [-0.05, 0) is 12.8 Å². The zero-order chi connectivity index (χ0) is 9.90. The highest BCUT2D eigenvalue weighted by Crippen LogP contribution is 2.29. The molecule has 0 saturated carbocycles. The van der Waals surface area contributed by atoms with E-state index in [2.05, 4.69) is 0 Å². The summed E-state index contributed by atoms with van der Waals surface area (Å²) in [5.41, 5.74) is 0. The summed E-state index contributed by atoms with van der Waals surface area (Å²) in [7, 11) is 0. The number of rotatable bonds is 2. The van der Waals surface area contributed by atoms with E-state index in [0.29, 0.717) is 12.7 Å². The van der Waals surface area contributed by atoms with E-state index >= 15 is 0 Å². The van der Waals surface area contributed by atoms with Gasteiger partial charge in [-0.25, -0.2) is 0 Å². The lowest BCUT2D eigenvalue weighted by Gasteiger charge is -2.27. The van der Waals surface area contributed by atoms with Gasteiger partial charge in [-0.3, -0.25) is 0 Å². The lowest BCUT2D eigenvalue weighted by atomic mass is 9.95. The molecule has 0 aromatic rings. The maximum atomic E-state index is 11.9. The molecule has 0 bridgehead atoms. The largest absolute Gasteiger partial charge is 0.391 e. The minimum Gasteiger partial charge on any atom is -0.378 e. The lowest BCUT2D eigenvalue weighted by molar-refractivity contribution is -0.169. The van der Waals surface area contributed by atoms with Crippen molar-refractivity contribution in [1.82, 2.24) is 0 Å². The molecule has 1 fully saturated rings. The molecule has 0 spiro atoms. The minimum atomic E-state index is -4.20. The molecule has 76 valence electrons. The molecule has 0 unspecified atom stereocenters. The second kappa shape index (κ2) is 4.09. The SMILES string of the molecule is O=C[C@@H]1CCO[C@@H](CC(F)(F)F)C1. The molecule has 1 saturated heterocycles. The molecule has 1 aliphatic rings. The first-order valence-corrected chi connectivity index (χ1v) is 4.15. The van der Waals surface area contributed by atoms with Crippen LogP contribution in [0.1, 0.15) is 19.3 Å². The van der Waals surface area contributed by atoms with Crippen molar-refractivity contribution in [3.63, 3.8) is 0 Å². The molecule has 5 heteroatoms. The summed E-state index contributed by atoms with van der Waals surface area (Å²) >= 11 is 0. The van der Waals surface area contributed by atoms with Crippen molar-refractivity contribution >= 4 is 6.29 Å². The van der Waals surface area contributed by atoms with Gasteiger partial charge in [0.25, 0.3) is 0 Å². The summed E-state index contributed by atoms with van der Waals surface area (Å²) in [5, 5.41) is 0. The molecule has 1 rings (SSSR count). The third-order valence-electron chi connectivity index (χ3n) is 2.06. The van der Waals surface area contributed by atoms with Gasteiger partial charge >= 0.3 is 6.18 Å². The van der Waals surface area contributed by atoms with Crippen molar-refractivity contribution in [2.45, 2.75) is 31.5 Å². The minimum absolute atomic E-state index is 0.197. The Bertz CT molecular complexity index is 179. The predicted octanol–water partition coefficient (Wildman–Crippen LogP) is 1.93. The quantitative estimate of drug-likeness (QED) is 0.631. The normalized spacial score (nSPS) is 30.1.